The number of rotatable bonds is 2. The first kappa shape index (κ1) is 17.8. The maximum Gasteiger partial charge on any atom is 0.295 e. The maximum absolute atomic E-state index is 13.5. The van der Waals surface area contributed by atoms with Crippen LogP contribution in [0.4, 0.5) is 10.1 Å². The molecular weight excluding hydrogens is 437 g/mol. The van der Waals surface area contributed by atoms with E-state index < -0.39 is 17.8 Å². The number of hydrogen-bond donors (Lipinski definition) is 0. The molecule has 1 aliphatic rings. The topological polar surface area (TPSA) is 50.5 Å². The summed E-state index contributed by atoms with van der Waals surface area (Å²) in [6.07, 6.45) is 0. The van der Waals surface area contributed by atoms with Crippen molar-refractivity contribution in [2.75, 3.05) is 4.90 Å². The van der Waals surface area contributed by atoms with Crippen molar-refractivity contribution in [1.29, 1.82) is 0 Å². The lowest BCUT2D eigenvalue weighted by molar-refractivity contribution is 0.0971. The zero-order valence-electron chi connectivity index (χ0n) is 14.9. The molecule has 0 fully saturated rings. The quantitative estimate of drug-likeness (QED) is 0.409. The molecule has 0 aliphatic carbocycles. The number of carbonyl (C=O) groups is 1. The van der Waals surface area contributed by atoms with Gasteiger partial charge in [0.25, 0.3) is 5.91 Å². The number of benzene rings is 3. The van der Waals surface area contributed by atoms with Gasteiger partial charge in [-0.15, -0.1) is 0 Å². The van der Waals surface area contributed by atoms with Crippen molar-refractivity contribution in [3.63, 3.8) is 0 Å². The summed E-state index contributed by atoms with van der Waals surface area (Å²) in [6.45, 7) is 0. The molecule has 1 aliphatic heterocycles. The largest absolute Gasteiger partial charge is 0.450 e. The molecule has 1 aromatic heterocycles. The van der Waals surface area contributed by atoms with Gasteiger partial charge in [-0.25, -0.2) is 4.39 Å². The minimum absolute atomic E-state index is 0.0167. The third-order valence-corrected chi connectivity index (χ3v) is 5.54. The monoisotopic (exact) mass is 449 g/mol. The van der Waals surface area contributed by atoms with Crippen molar-refractivity contribution < 1.29 is 13.6 Å². The van der Waals surface area contributed by atoms with Crippen molar-refractivity contribution >= 4 is 38.5 Å². The van der Waals surface area contributed by atoms with Crippen molar-refractivity contribution in [1.82, 2.24) is 0 Å². The Balaban J connectivity index is 1.82. The lowest BCUT2D eigenvalue weighted by Gasteiger charge is -2.25. The van der Waals surface area contributed by atoms with Gasteiger partial charge in [0.1, 0.15) is 11.4 Å². The number of anilines is 1. The van der Waals surface area contributed by atoms with E-state index in [-0.39, 0.29) is 16.8 Å². The molecule has 1 atom stereocenters. The Hall–Kier alpha value is -3.25. The van der Waals surface area contributed by atoms with Gasteiger partial charge in [0, 0.05) is 10.2 Å². The predicted octanol–water partition coefficient (Wildman–Crippen LogP) is 5.44. The Labute approximate surface area is 173 Å². The first-order chi connectivity index (χ1) is 14.0. The number of fused-ring (bicyclic) bond motifs is 2. The van der Waals surface area contributed by atoms with E-state index in [0.29, 0.717) is 22.2 Å². The summed E-state index contributed by atoms with van der Waals surface area (Å²) in [4.78, 5) is 28.2. The lowest BCUT2D eigenvalue weighted by atomic mass is 9.98. The van der Waals surface area contributed by atoms with Crippen LogP contribution in [0.5, 0.6) is 0 Å². The summed E-state index contributed by atoms with van der Waals surface area (Å²) in [5.41, 5.74) is 1.59. The van der Waals surface area contributed by atoms with Crippen LogP contribution in [0.25, 0.3) is 11.0 Å². The molecule has 3 aromatic carbocycles. The fraction of sp³-hybridized carbons (Fsp3) is 0.0435. The van der Waals surface area contributed by atoms with Crippen LogP contribution in [0, 0.1) is 5.82 Å². The van der Waals surface area contributed by atoms with Crippen molar-refractivity contribution in [2.45, 2.75) is 6.04 Å². The predicted molar refractivity (Wildman–Crippen MR) is 112 cm³/mol. The number of halogens is 2. The third kappa shape index (κ3) is 2.79. The lowest BCUT2D eigenvalue weighted by Crippen LogP contribution is -2.29. The molecule has 1 amide bonds. The number of para-hydroxylation sites is 1. The first-order valence-electron chi connectivity index (χ1n) is 8.95. The third-order valence-electron chi connectivity index (χ3n) is 5.05. The summed E-state index contributed by atoms with van der Waals surface area (Å²) in [5.74, 6) is -0.781. The van der Waals surface area contributed by atoms with Crippen LogP contribution in [-0.4, -0.2) is 5.91 Å². The highest BCUT2D eigenvalue weighted by Crippen LogP contribution is 2.41. The maximum atomic E-state index is 13.5. The number of hydrogen-bond acceptors (Lipinski definition) is 3. The SMILES string of the molecule is O=C1c2oc3ccccc3c(=O)c2[C@H](c2ccc(F)cc2)N1c1cccc(Br)c1. The molecule has 142 valence electrons. The van der Waals surface area contributed by atoms with Crippen LogP contribution >= 0.6 is 15.9 Å². The molecule has 0 saturated heterocycles. The van der Waals surface area contributed by atoms with Gasteiger partial charge >= 0.3 is 0 Å². The second-order valence-electron chi connectivity index (χ2n) is 6.78. The van der Waals surface area contributed by atoms with Gasteiger partial charge in [0.05, 0.1) is 17.0 Å². The highest BCUT2D eigenvalue weighted by Gasteiger charge is 2.43. The Kier molecular flexibility index (Phi) is 4.10. The fourth-order valence-corrected chi connectivity index (χ4v) is 4.16. The molecule has 0 spiro atoms. The minimum atomic E-state index is -0.715. The standard InChI is InChI=1S/C23H13BrFNO3/c24-14-4-3-5-16(12-14)26-20(13-8-10-15(25)11-9-13)19-21(27)17-6-1-2-7-18(17)29-22(19)23(26)28/h1-12,20H/t20-/m0/s1. The van der Waals surface area contributed by atoms with Crippen molar-refractivity contribution in [2.24, 2.45) is 0 Å². The molecule has 2 heterocycles. The van der Waals surface area contributed by atoms with Gasteiger partial charge in [-0.05, 0) is 48.0 Å². The van der Waals surface area contributed by atoms with Crippen molar-refractivity contribution in [3.05, 3.63) is 110 Å². The number of nitrogens with zero attached hydrogens (tertiary/aromatic N) is 1. The summed E-state index contributed by atoms with van der Waals surface area (Å²) < 4.78 is 20.2. The van der Waals surface area contributed by atoms with E-state index in [9.17, 15) is 14.0 Å². The summed E-state index contributed by atoms with van der Waals surface area (Å²) in [7, 11) is 0. The van der Waals surface area contributed by atoms with E-state index in [1.54, 1.807) is 48.5 Å². The van der Waals surface area contributed by atoms with Gasteiger partial charge in [0.2, 0.25) is 5.76 Å². The van der Waals surface area contributed by atoms with Crippen LogP contribution in [0.1, 0.15) is 27.7 Å². The van der Waals surface area contributed by atoms with Crippen LogP contribution in [0.2, 0.25) is 0 Å². The van der Waals surface area contributed by atoms with E-state index in [1.807, 2.05) is 12.1 Å². The highest BCUT2D eigenvalue weighted by molar-refractivity contribution is 9.10. The summed E-state index contributed by atoms with van der Waals surface area (Å²) in [6, 6.07) is 19.2. The molecule has 0 bridgehead atoms. The summed E-state index contributed by atoms with van der Waals surface area (Å²) in [5, 5.41) is 0.405. The van der Waals surface area contributed by atoms with Gasteiger partial charge in [-0.3, -0.25) is 14.5 Å². The van der Waals surface area contributed by atoms with Gasteiger partial charge in [-0.1, -0.05) is 46.3 Å². The first-order valence-corrected chi connectivity index (χ1v) is 9.74. The van der Waals surface area contributed by atoms with E-state index in [1.165, 1.54) is 17.0 Å². The van der Waals surface area contributed by atoms with E-state index in [0.717, 1.165) is 4.47 Å². The summed E-state index contributed by atoms with van der Waals surface area (Å²) >= 11 is 3.43. The average Bonchev–Trinajstić information content (AvgIpc) is 3.02. The zero-order valence-corrected chi connectivity index (χ0v) is 16.5. The fourth-order valence-electron chi connectivity index (χ4n) is 3.77. The Morgan fingerprint density at radius 2 is 1.69 bits per heavy atom. The minimum Gasteiger partial charge on any atom is -0.450 e. The Morgan fingerprint density at radius 3 is 2.45 bits per heavy atom. The molecule has 0 radical (unpaired) electrons. The molecular formula is C23H13BrFNO3. The van der Waals surface area contributed by atoms with E-state index >= 15 is 0 Å². The second-order valence-corrected chi connectivity index (χ2v) is 7.69. The molecule has 0 N–H and O–H groups in total. The smallest absolute Gasteiger partial charge is 0.295 e. The van der Waals surface area contributed by atoms with Crippen molar-refractivity contribution in [3.8, 4) is 0 Å². The molecule has 6 heteroatoms. The van der Waals surface area contributed by atoms with Crippen LogP contribution in [0.3, 0.4) is 0 Å². The number of carbonyl (C=O) groups excluding carboxylic acids is 1. The van der Waals surface area contributed by atoms with Crippen LogP contribution < -0.4 is 10.3 Å². The van der Waals surface area contributed by atoms with Crippen LogP contribution in [0.15, 0.2) is 86.5 Å². The van der Waals surface area contributed by atoms with Gasteiger partial charge in [0.15, 0.2) is 5.43 Å². The molecule has 4 nitrogen and oxygen atoms in total. The molecule has 0 saturated carbocycles. The molecule has 5 rings (SSSR count). The normalized spacial score (nSPS) is 15.7. The zero-order chi connectivity index (χ0) is 20.1. The van der Waals surface area contributed by atoms with Crippen LogP contribution in [-0.2, 0) is 0 Å². The second kappa shape index (κ2) is 6.67. The Morgan fingerprint density at radius 1 is 0.931 bits per heavy atom. The number of amides is 1. The van der Waals surface area contributed by atoms with E-state index in [4.69, 9.17) is 4.42 Å². The Bertz CT molecular complexity index is 1330. The molecule has 4 aromatic rings. The highest BCUT2D eigenvalue weighted by atomic mass is 79.9. The van der Waals surface area contributed by atoms with E-state index in [2.05, 4.69) is 15.9 Å². The molecule has 29 heavy (non-hydrogen) atoms. The average molecular weight is 450 g/mol. The molecule has 0 unspecified atom stereocenters. The van der Waals surface area contributed by atoms with Gasteiger partial charge < -0.3 is 4.42 Å². The van der Waals surface area contributed by atoms with Gasteiger partial charge in [-0.2, -0.15) is 0 Å².